The molecule has 4 rings (SSSR count). The number of nitrogens with zero attached hydrogens (tertiary/aromatic N) is 2. The lowest BCUT2D eigenvalue weighted by molar-refractivity contribution is 0.0596. The van der Waals surface area contributed by atoms with Crippen molar-refractivity contribution in [1.82, 2.24) is 14.9 Å². The number of nitrogens with one attached hydrogen (secondary N) is 1. The van der Waals surface area contributed by atoms with Gasteiger partial charge in [-0.05, 0) is 48.9 Å². The molecule has 8 heteroatoms. The monoisotopic (exact) mass is 425 g/mol. The van der Waals surface area contributed by atoms with E-state index in [2.05, 4.69) is 4.98 Å². The molecule has 30 heavy (non-hydrogen) atoms. The van der Waals surface area contributed by atoms with Crippen molar-refractivity contribution in [3.63, 3.8) is 0 Å². The smallest absolute Gasteiger partial charge is 0.258 e. The van der Waals surface area contributed by atoms with Crippen LogP contribution in [0.5, 0.6) is 11.5 Å². The summed E-state index contributed by atoms with van der Waals surface area (Å²) in [6, 6.07) is 8.28. The molecule has 1 aliphatic rings. The van der Waals surface area contributed by atoms with Crippen LogP contribution < -0.4 is 15.0 Å². The third kappa shape index (κ3) is 3.95. The fraction of sp³-hybridized carbons (Fsp3) is 0.318. The van der Waals surface area contributed by atoms with Crippen molar-refractivity contribution in [2.24, 2.45) is 0 Å². The highest BCUT2D eigenvalue weighted by atomic mass is 32.1. The number of rotatable bonds is 5. The summed E-state index contributed by atoms with van der Waals surface area (Å²) in [5.41, 5.74) is 1.72. The number of aromatic amines is 1. The predicted molar refractivity (Wildman–Crippen MR) is 115 cm³/mol. The number of carbonyl (C=O) groups is 1. The molecule has 3 heterocycles. The molecule has 0 unspecified atom stereocenters. The molecule has 1 fully saturated rings. The highest BCUT2D eigenvalue weighted by Gasteiger charge is 2.32. The van der Waals surface area contributed by atoms with Crippen LogP contribution in [0, 0.1) is 0 Å². The molecule has 0 bridgehead atoms. The largest absolute Gasteiger partial charge is 0.497 e. The van der Waals surface area contributed by atoms with Gasteiger partial charge in [0.1, 0.15) is 17.3 Å². The minimum absolute atomic E-state index is 0.168. The molecule has 7 nitrogen and oxygen atoms in total. The van der Waals surface area contributed by atoms with Crippen LogP contribution in [0.3, 0.4) is 0 Å². The van der Waals surface area contributed by atoms with Crippen molar-refractivity contribution in [3.05, 3.63) is 62.8 Å². The van der Waals surface area contributed by atoms with Gasteiger partial charge in [0.2, 0.25) is 0 Å². The van der Waals surface area contributed by atoms with Crippen molar-refractivity contribution in [3.8, 4) is 22.8 Å². The number of hydrogen-bond donors (Lipinski definition) is 1. The van der Waals surface area contributed by atoms with Gasteiger partial charge in [0.15, 0.2) is 0 Å². The molecule has 0 aliphatic carbocycles. The number of H-pyrrole nitrogens is 1. The Morgan fingerprint density at radius 1 is 1.20 bits per heavy atom. The van der Waals surface area contributed by atoms with E-state index in [4.69, 9.17) is 14.5 Å². The Kier molecular flexibility index (Phi) is 5.85. The molecule has 1 aromatic carbocycles. The quantitative estimate of drug-likeness (QED) is 0.671. The molecule has 1 atom stereocenters. The molecule has 0 radical (unpaired) electrons. The van der Waals surface area contributed by atoms with Crippen LogP contribution in [0.15, 0.2) is 45.9 Å². The van der Waals surface area contributed by atoms with E-state index < -0.39 is 0 Å². The Balaban J connectivity index is 1.73. The molecule has 1 saturated heterocycles. The van der Waals surface area contributed by atoms with Crippen LogP contribution in [0.4, 0.5) is 0 Å². The lowest BCUT2D eigenvalue weighted by atomic mass is 9.99. The first-order chi connectivity index (χ1) is 14.6. The molecule has 0 saturated carbocycles. The van der Waals surface area contributed by atoms with Gasteiger partial charge in [0, 0.05) is 23.6 Å². The Morgan fingerprint density at radius 3 is 2.80 bits per heavy atom. The lowest BCUT2D eigenvalue weighted by Gasteiger charge is -2.35. The number of aromatic nitrogens is 2. The molecular weight excluding hydrogens is 402 g/mol. The van der Waals surface area contributed by atoms with E-state index in [9.17, 15) is 9.59 Å². The van der Waals surface area contributed by atoms with E-state index in [1.165, 1.54) is 13.2 Å². The summed E-state index contributed by atoms with van der Waals surface area (Å²) in [4.78, 5) is 35.2. The van der Waals surface area contributed by atoms with Crippen LogP contribution in [0.1, 0.15) is 41.5 Å². The first kappa shape index (κ1) is 20.2. The van der Waals surface area contributed by atoms with E-state index in [1.54, 1.807) is 41.5 Å². The van der Waals surface area contributed by atoms with E-state index >= 15 is 0 Å². The van der Waals surface area contributed by atoms with Gasteiger partial charge >= 0.3 is 0 Å². The Bertz CT molecular complexity index is 1090. The number of thiophene rings is 1. The number of carbonyl (C=O) groups excluding carboxylic acids is 1. The van der Waals surface area contributed by atoms with Crippen molar-refractivity contribution in [2.75, 3.05) is 20.8 Å². The van der Waals surface area contributed by atoms with Crippen LogP contribution in [-0.4, -0.2) is 41.5 Å². The van der Waals surface area contributed by atoms with Gasteiger partial charge in [-0.2, -0.15) is 11.3 Å². The van der Waals surface area contributed by atoms with Crippen molar-refractivity contribution in [2.45, 2.75) is 25.3 Å². The van der Waals surface area contributed by atoms with Crippen LogP contribution in [0.2, 0.25) is 0 Å². The van der Waals surface area contributed by atoms with Crippen molar-refractivity contribution >= 4 is 17.2 Å². The summed E-state index contributed by atoms with van der Waals surface area (Å²) in [7, 11) is 3.10. The van der Waals surface area contributed by atoms with Gasteiger partial charge < -0.3 is 19.4 Å². The van der Waals surface area contributed by atoms with Gasteiger partial charge in [0.05, 0.1) is 31.5 Å². The van der Waals surface area contributed by atoms with Gasteiger partial charge in [-0.1, -0.05) is 0 Å². The summed E-state index contributed by atoms with van der Waals surface area (Å²) in [6.07, 6.45) is 2.58. The standard InChI is InChI=1S/C22H23N3O4S/c1-28-15-6-7-19(29-2)16(11-15)22(27)25-9-4-3-5-18(25)21-23-17(12-20(26)24-21)14-8-10-30-13-14/h6-8,10-13,18H,3-5,9H2,1-2H3,(H,23,24,26)/t18-/m1/s1. The normalized spacial score (nSPS) is 16.3. The van der Waals surface area contributed by atoms with Crippen molar-refractivity contribution < 1.29 is 14.3 Å². The molecule has 156 valence electrons. The number of piperidine rings is 1. The fourth-order valence-electron chi connectivity index (χ4n) is 3.79. The Labute approximate surface area is 178 Å². The highest BCUT2D eigenvalue weighted by molar-refractivity contribution is 7.08. The SMILES string of the molecule is COc1ccc(OC)c(C(=O)N2CCCC[C@@H]2c2nc(-c3ccsc3)cc(=O)[nH]2)c1. The lowest BCUT2D eigenvalue weighted by Crippen LogP contribution is -2.40. The molecule has 3 aromatic rings. The summed E-state index contributed by atoms with van der Waals surface area (Å²) < 4.78 is 10.7. The summed E-state index contributed by atoms with van der Waals surface area (Å²) in [5, 5.41) is 3.90. The zero-order chi connectivity index (χ0) is 21.1. The summed E-state index contributed by atoms with van der Waals surface area (Å²) in [6.45, 7) is 0.580. The van der Waals surface area contributed by atoms with Crippen molar-refractivity contribution in [1.29, 1.82) is 0 Å². The van der Waals surface area contributed by atoms with Gasteiger partial charge in [0.25, 0.3) is 11.5 Å². The molecular formula is C22H23N3O4S. The maximum Gasteiger partial charge on any atom is 0.258 e. The topological polar surface area (TPSA) is 84.5 Å². The molecule has 1 amide bonds. The average molecular weight is 426 g/mol. The fourth-order valence-corrected chi connectivity index (χ4v) is 4.44. The number of benzene rings is 1. The second-order valence-electron chi connectivity index (χ2n) is 7.10. The second-order valence-corrected chi connectivity index (χ2v) is 7.88. The first-order valence-electron chi connectivity index (χ1n) is 9.77. The maximum absolute atomic E-state index is 13.5. The minimum atomic E-state index is -0.312. The third-order valence-corrected chi connectivity index (χ3v) is 5.98. The van der Waals surface area contributed by atoms with Crippen LogP contribution in [-0.2, 0) is 0 Å². The van der Waals surface area contributed by atoms with Crippen LogP contribution >= 0.6 is 11.3 Å². The maximum atomic E-state index is 13.5. The Hall–Kier alpha value is -3.13. The minimum Gasteiger partial charge on any atom is -0.497 e. The highest BCUT2D eigenvalue weighted by Crippen LogP contribution is 2.33. The number of methoxy groups -OCH3 is 2. The predicted octanol–water partition coefficient (Wildman–Crippen LogP) is 3.88. The number of likely N-dealkylation sites (tertiary alicyclic amines) is 1. The van der Waals surface area contributed by atoms with Gasteiger partial charge in [-0.25, -0.2) is 4.98 Å². The third-order valence-electron chi connectivity index (χ3n) is 5.29. The number of ether oxygens (including phenoxy) is 2. The number of hydrogen-bond acceptors (Lipinski definition) is 6. The Morgan fingerprint density at radius 2 is 2.07 bits per heavy atom. The molecule has 2 aromatic heterocycles. The second kappa shape index (κ2) is 8.71. The summed E-state index contributed by atoms with van der Waals surface area (Å²) in [5.74, 6) is 1.41. The molecule has 1 N–H and O–H groups in total. The zero-order valence-electron chi connectivity index (χ0n) is 16.9. The van der Waals surface area contributed by atoms with E-state index in [1.807, 2.05) is 16.8 Å². The molecule has 0 spiro atoms. The van der Waals surface area contributed by atoms with E-state index in [-0.39, 0.29) is 17.5 Å². The van der Waals surface area contributed by atoms with Crippen LogP contribution in [0.25, 0.3) is 11.3 Å². The first-order valence-corrected chi connectivity index (χ1v) is 10.7. The van der Waals surface area contributed by atoms with E-state index in [0.29, 0.717) is 35.1 Å². The van der Waals surface area contributed by atoms with E-state index in [0.717, 1.165) is 24.8 Å². The molecule has 1 aliphatic heterocycles. The number of amides is 1. The van der Waals surface area contributed by atoms with Gasteiger partial charge in [-0.3, -0.25) is 9.59 Å². The summed E-state index contributed by atoms with van der Waals surface area (Å²) >= 11 is 1.55. The van der Waals surface area contributed by atoms with Gasteiger partial charge in [-0.15, -0.1) is 0 Å². The zero-order valence-corrected chi connectivity index (χ0v) is 17.7. The average Bonchev–Trinajstić information content (AvgIpc) is 3.33.